The molecule has 1 atom stereocenters. The van der Waals surface area contributed by atoms with Crippen LogP contribution in [0.25, 0.3) is 0 Å². The maximum Gasteiger partial charge on any atom is 0.309 e. The van der Waals surface area contributed by atoms with Gasteiger partial charge in [0, 0.05) is 5.88 Å². The van der Waals surface area contributed by atoms with Crippen molar-refractivity contribution in [1.82, 2.24) is 0 Å². The fraction of sp³-hybridized carbons (Fsp3) is 0.800. The Morgan fingerprint density at radius 3 is 2.50 bits per heavy atom. The highest BCUT2D eigenvalue weighted by molar-refractivity contribution is 6.19. The molecule has 0 bridgehead atoms. The molecule has 0 rings (SSSR count). The number of carbonyl (C=O) groups is 1. The molecule has 0 saturated heterocycles. The van der Waals surface area contributed by atoms with E-state index >= 15 is 0 Å². The van der Waals surface area contributed by atoms with Gasteiger partial charge in [-0.05, 0) is 0 Å². The Bertz CT molecular complexity index is 82.5. The molecule has 3 heteroatoms. The van der Waals surface area contributed by atoms with Gasteiger partial charge >= 0.3 is 5.97 Å². The Hall–Kier alpha value is -0.240. The van der Waals surface area contributed by atoms with Gasteiger partial charge in [0.25, 0.3) is 0 Å². The van der Waals surface area contributed by atoms with Crippen LogP contribution in [0.2, 0.25) is 0 Å². The van der Waals surface area contributed by atoms with Crippen LogP contribution in [0.1, 0.15) is 6.92 Å². The van der Waals surface area contributed by atoms with Gasteiger partial charge in [0.15, 0.2) is 0 Å². The van der Waals surface area contributed by atoms with E-state index in [-0.39, 0.29) is 11.9 Å². The van der Waals surface area contributed by atoms with Crippen molar-refractivity contribution in [3.05, 3.63) is 0 Å². The standard InChI is InChI=1S/C5H9ClO2/c1-4(3-6)5(7)8-2/h4H,3H2,1-2H3/t4-/m0/s1. The molecular weight excluding hydrogens is 128 g/mol. The van der Waals surface area contributed by atoms with Crippen LogP contribution in [-0.4, -0.2) is 19.0 Å². The van der Waals surface area contributed by atoms with Crippen LogP contribution in [0.3, 0.4) is 0 Å². The first-order chi connectivity index (χ1) is 3.72. The minimum Gasteiger partial charge on any atom is -0.469 e. The van der Waals surface area contributed by atoms with Crippen molar-refractivity contribution >= 4 is 17.6 Å². The van der Waals surface area contributed by atoms with Crippen molar-refractivity contribution < 1.29 is 9.53 Å². The molecule has 0 aromatic carbocycles. The highest BCUT2D eigenvalue weighted by atomic mass is 35.5. The van der Waals surface area contributed by atoms with Crippen LogP contribution < -0.4 is 0 Å². The second-order valence-electron chi connectivity index (χ2n) is 1.58. The topological polar surface area (TPSA) is 26.3 Å². The molecule has 0 aromatic heterocycles. The molecule has 0 aliphatic heterocycles. The van der Waals surface area contributed by atoms with Crippen LogP contribution in [0.4, 0.5) is 0 Å². The molecule has 0 saturated carbocycles. The molecule has 0 aliphatic rings. The van der Waals surface area contributed by atoms with Gasteiger partial charge in [-0.15, -0.1) is 11.6 Å². The summed E-state index contributed by atoms with van der Waals surface area (Å²) in [6.45, 7) is 1.72. The summed E-state index contributed by atoms with van der Waals surface area (Å²) in [5.41, 5.74) is 0. The average molecular weight is 137 g/mol. The Labute approximate surface area is 53.8 Å². The van der Waals surface area contributed by atoms with Crippen molar-refractivity contribution in [1.29, 1.82) is 0 Å². The summed E-state index contributed by atoms with van der Waals surface area (Å²) >= 11 is 5.32. The number of halogens is 1. The van der Waals surface area contributed by atoms with Gasteiger partial charge in [0.2, 0.25) is 0 Å². The molecule has 8 heavy (non-hydrogen) atoms. The van der Waals surface area contributed by atoms with E-state index in [0.717, 1.165) is 0 Å². The summed E-state index contributed by atoms with van der Waals surface area (Å²) in [6.07, 6.45) is 0. The quantitative estimate of drug-likeness (QED) is 0.419. The highest BCUT2D eigenvalue weighted by Gasteiger charge is 2.09. The molecule has 0 aliphatic carbocycles. The van der Waals surface area contributed by atoms with E-state index in [4.69, 9.17) is 11.6 Å². The largest absolute Gasteiger partial charge is 0.469 e. The van der Waals surface area contributed by atoms with Crippen molar-refractivity contribution in [3.8, 4) is 0 Å². The molecule has 0 unspecified atom stereocenters. The second-order valence-corrected chi connectivity index (χ2v) is 1.89. The first-order valence-electron chi connectivity index (χ1n) is 2.36. The predicted molar refractivity (Wildman–Crippen MR) is 31.9 cm³/mol. The number of hydrogen-bond acceptors (Lipinski definition) is 2. The predicted octanol–water partition coefficient (Wildman–Crippen LogP) is 1.03. The van der Waals surface area contributed by atoms with Gasteiger partial charge in [-0.2, -0.15) is 0 Å². The number of hydrogen-bond donors (Lipinski definition) is 0. The van der Waals surface area contributed by atoms with Crippen LogP contribution in [0.15, 0.2) is 0 Å². The summed E-state index contributed by atoms with van der Waals surface area (Å²) in [4.78, 5) is 10.4. The molecule has 0 N–H and O–H groups in total. The van der Waals surface area contributed by atoms with E-state index < -0.39 is 0 Å². The maximum atomic E-state index is 10.4. The van der Waals surface area contributed by atoms with E-state index in [9.17, 15) is 4.79 Å². The first-order valence-corrected chi connectivity index (χ1v) is 2.89. The smallest absolute Gasteiger partial charge is 0.309 e. The van der Waals surface area contributed by atoms with Gasteiger partial charge in [-0.1, -0.05) is 6.92 Å². The Morgan fingerprint density at radius 2 is 2.38 bits per heavy atom. The van der Waals surface area contributed by atoms with Crippen LogP contribution >= 0.6 is 11.6 Å². The summed E-state index contributed by atoms with van der Waals surface area (Å²) in [6, 6.07) is 0. The molecule has 2 nitrogen and oxygen atoms in total. The van der Waals surface area contributed by atoms with Crippen molar-refractivity contribution in [2.24, 2.45) is 5.92 Å². The number of alkyl halides is 1. The minimum atomic E-state index is -0.250. The summed E-state index contributed by atoms with van der Waals surface area (Å²) < 4.78 is 4.38. The van der Waals surface area contributed by atoms with Gasteiger partial charge in [0.1, 0.15) is 0 Å². The minimum absolute atomic E-state index is 0.179. The molecular formula is C5H9ClO2. The van der Waals surface area contributed by atoms with Crippen molar-refractivity contribution in [2.75, 3.05) is 13.0 Å². The molecule has 0 heterocycles. The SMILES string of the molecule is COC(=O)[C@@H](C)CCl. The third-order valence-corrected chi connectivity index (χ3v) is 1.30. The summed E-state index contributed by atoms with van der Waals surface area (Å²) in [5, 5.41) is 0. The summed E-state index contributed by atoms with van der Waals surface area (Å²) in [7, 11) is 1.35. The van der Waals surface area contributed by atoms with Crippen molar-refractivity contribution in [2.45, 2.75) is 6.92 Å². The average Bonchev–Trinajstić information content (AvgIpc) is 1.84. The van der Waals surface area contributed by atoms with E-state index in [1.165, 1.54) is 7.11 Å². The van der Waals surface area contributed by atoms with Crippen LogP contribution in [0, 0.1) is 5.92 Å². The lowest BCUT2D eigenvalue weighted by molar-refractivity contribution is -0.144. The number of ether oxygens (including phenoxy) is 1. The van der Waals surface area contributed by atoms with Gasteiger partial charge in [0.05, 0.1) is 13.0 Å². The molecule has 48 valence electrons. The highest BCUT2D eigenvalue weighted by Crippen LogP contribution is 1.98. The molecule has 0 fully saturated rings. The Kier molecular flexibility index (Phi) is 3.61. The zero-order chi connectivity index (χ0) is 6.57. The monoisotopic (exact) mass is 136 g/mol. The molecule has 0 amide bonds. The zero-order valence-electron chi connectivity index (χ0n) is 4.98. The van der Waals surface area contributed by atoms with Crippen LogP contribution in [-0.2, 0) is 9.53 Å². The zero-order valence-corrected chi connectivity index (χ0v) is 5.73. The molecule has 0 aromatic rings. The second kappa shape index (κ2) is 3.72. The normalized spacial score (nSPS) is 12.9. The van der Waals surface area contributed by atoms with E-state index in [1.54, 1.807) is 6.92 Å². The molecule has 0 radical (unpaired) electrons. The number of carbonyl (C=O) groups excluding carboxylic acids is 1. The summed E-state index contributed by atoms with van der Waals surface area (Å²) in [5.74, 6) is -0.103. The third kappa shape index (κ3) is 2.17. The third-order valence-electron chi connectivity index (χ3n) is 0.835. The van der Waals surface area contributed by atoms with E-state index in [0.29, 0.717) is 5.88 Å². The fourth-order valence-electron chi connectivity index (χ4n) is 0.264. The lowest BCUT2D eigenvalue weighted by Crippen LogP contribution is -2.13. The number of rotatable bonds is 2. The van der Waals surface area contributed by atoms with E-state index in [2.05, 4.69) is 4.74 Å². The maximum absolute atomic E-state index is 10.4. The Morgan fingerprint density at radius 1 is 1.88 bits per heavy atom. The first kappa shape index (κ1) is 7.76. The lowest BCUT2D eigenvalue weighted by atomic mass is 10.2. The van der Waals surface area contributed by atoms with Crippen molar-refractivity contribution in [3.63, 3.8) is 0 Å². The lowest BCUT2D eigenvalue weighted by Gasteiger charge is -2.01. The van der Waals surface area contributed by atoms with Gasteiger partial charge < -0.3 is 4.74 Å². The van der Waals surface area contributed by atoms with Gasteiger partial charge in [-0.25, -0.2) is 0 Å². The van der Waals surface area contributed by atoms with Gasteiger partial charge in [-0.3, -0.25) is 4.79 Å². The number of methoxy groups -OCH3 is 1. The van der Waals surface area contributed by atoms with Crippen LogP contribution in [0.5, 0.6) is 0 Å². The number of esters is 1. The molecule has 0 spiro atoms. The fourth-order valence-corrected chi connectivity index (χ4v) is 0.390. The Balaban J connectivity index is 3.46. The van der Waals surface area contributed by atoms with E-state index in [1.807, 2.05) is 0 Å².